The quantitative estimate of drug-likeness (QED) is 0.709. The van der Waals surface area contributed by atoms with Crippen LogP contribution in [-0.4, -0.2) is 27.1 Å². The number of nitrogens with zero attached hydrogens (tertiary/aromatic N) is 4. The maximum absolute atomic E-state index is 13.0. The van der Waals surface area contributed by atoms with E-state index in [1.54, 1.807) is 12.1 Å². The van der Waals surface area contributed by atoms with E-state index in [4.69, 9.17) is 5.26 Å². The second kappa shape index (κ2) is 9.36. The van der Waals surface area contributed by atoms with Crippen molar-refractivity contribution < 1.29 is 4.79 Å². The Morgan fingerprint density at radius 2 is 1.93 bits per heavy atom. The minimum absolute atomic E-state index is 0.122. The molecule has 0 aliphatic heterocycles. The number of hydrogen-bond donors (Lipinski definition) is 0. The topological polar surface area (TPSA) is 61.9 Å². The zero-order valence-electron chi connectivity index (χ0n) is 17.1. The van der Waals surface area contributed by atoms with E-state index < -0.39 is 0 Å². The third-order valence-corrected chi connectivity index (χ3v) is 4.70. The zero-order valence-corrected chi connectivity index (χ0v) is 17.1. The molecule has 0 N–H and O–H groups in total. The van der Waals surface area contributed by atoms with Gasteiger partial charge in [-0.3, -0.25) is 9.48 Å². The van der Waals surface area contributed by atoms with E-state index in [-0.39, 0.29) is 5.91 Å². The molecule has 0 saturated heterocycles. The summed E-state index contributed by atoms with van der Waals surface area (Å²) in [5, 5.41) is 13.6. The van der Waals surface area contributed by atoms with Gasteiger partial charge in [-0.25, -0.2) is 0 Å². The number of rotatable bonds is 8. The molecule has 0 atom stereocenters. The highest BCUT2D eigenvalue weighted by Gasteiger charge is 2.19. The minimum atomic E-state index is 0.122. The molecule has 5 nitrogen and oxygen atoms in total. The van der Waals surface area contributed by atoms with Gasteiger partial charge in [-0.15, -0.1) is 0 Å². The fourth-order valence-corrected chi connectivity index (χ4v) is 3.24. The Bertz CT molecular complexity index is 812. The Labute approximate surface area is 162 Å². The normalized spacial score (nSPS) is 10.9. The number of carbonyl (C=O) groups excluding carboxylic acids is 1. The fourth-order valence-electron chi connectivity index (χ4n) is 3.24. The monoisotopic (exact) mass is 366 g/mol. The smallest absolute Gasteiger partial charge is 0.227 e. The van der Waals surface area contributed by atoms with Crippen molar-refractivity contribution in [2.45, 2.75) is 60.5 Å². The van der Waals surface area contributed by atoms with Gasteiger partial charge < -0.3 is 4.90 Å². The Morgan fingerprint density at radius 3 is 2.48 bits per heavy atom. The van der Waals surface area contributed by atoms with Gasteiger partial charge in [0, 0.05) is 30.9 Å². The molecule has 0 bridgehead atoms. The fraction of sp³-hybridized carbons (Fsp3) is 0.500. The van der Waals surface area contributed by atoms with Crippen LogP contribution in [-0.2, 0) is 24.3 Å². The summed E-state index contributed by atoms with van der Waals surface area (Å²) in [6.45, 7) is 12.6. The maximum Gasteiger partial charge on any atom is 0.227 e. The molecular weight excluding hydrogens is 336 g/mol. The van der Waals surface area contributed by atoms with Crippen molar-refractivity contribution in [3.63, 3.8) is 0 Å². The van der Waals surface area contributed by atoms with Crippen LogP contribution < -0.4 is 0 Å². The second-order valence-corrected chi connectivity index (χ2v) is 7.53. The van der Waals surface area contributed by atoms with Gasteiger partial charge in [-0.05, 0) is 43.9 Å². The summed E-state index contributed by atoms with van der Waals surface area (Å²) in [6, 6.07) is 9.57. The van der Waals surface area contributed by atoms with E-state index in [9.17, 15) is 4.79 Å². The molecule has 1 heterocycles. The molecule has 27 heavy (non-hydrogen) atoms. The molecular formula is C22H30N4O. The number of carbonyl (C=O) groups is 1. The Kier molecular flexibility index (Phi) is 7.18. The van der Waals surface area contributed by atoms with Crippen LogP contribution in [0.3, 0.4) is 0 Å². The summed E-state index contributed by atoms with van der Waals surface area (Å²) in [5.74, 6) is 0.635. The van der Waals surface area contributed by atoms with Crippen LogP contribution in [0.1, 0.15) is 55.3 Å². The van der Waals surface area contributed by atoms with Crippen LogP contribution in [0.4, 0.5) is 0 Å². The van der Waals surface area contributed by atoms with E-state index >= 15 is 0 Å². The average molecular weight is 367 g/mol. The van der Waals surface area contributed by atoms with Crippen LogP contribution in [0.2, 0.25) is 0 Å². The van der Waals surface area contributed by atoms with Gasteiger partial charge in [0.2, 0.25) is 5.91 Å². The number of nitriles is 1. The van der Waals surface area contributed by atoms with Crippen molar-refractivity contribution >= 4 is 5.91 Å². The van der Waals surface area contributed by atoms with Crippen LogP contribution in [0.25, 0.3) is 0 Å². The average Bonchev–Trinajstić information content (AvgIpc) is 2.88. The summed E-state index contributed by atoms with van der Waals surface area (Å²) in [7, 11) is 0. The summed E-state index contributed by atoms with van der Waals surface area (Å²) >= 11 is 0. The molecule has 0 aliphatic rings. The molecule has 0 radical (unpaired) electrons. The largest absolute Gasteiger partial charge is 0.338 e. The maximum atomic E-state index is 13.0. The third kappa shape index (κ3) is 5.43. The first kappa shape index (κ1) is 20.7. The van der Waals surface area contributed by atoms with Crippen molar-refractivity contribution in [2.24, 2.45) is 5.92 Å². The predicted octanol–water partition coefficient (Wildman–Crippen LogP) is 4.01. The highest BCUT2D eigenvalue weighted by atomic mass is 16.2. The third-order valence-electron chi connectivity index (χ3n) is 4.70. The molecule has 1 amide bonds. The lowest BCUT2D eigenvalue weighted by molar-refractivity contribution is -0.131. The number of hydrogen-bond acceptors (Lipinski definition) is 3. The summed E-state index contributed by atoms with van der Waals surface area (Å²) in [6.07, 6.45) is 1.29. The van der Waals surface area contributed by atoms with Crippen molar-refractivity contribution in [2.75, 3.05) is 6.54 Å². The standard InChI is InChI=1S/C22H30N4O/c1-6-11-25(15-20-9-7-19(13-23)8-10-20)22(27)12-21-17(4)24-26(18(21)5)14-16(2)3/h7-10,16H,6,11-12,14-15H2,1-5H3. The molecule has 1 aromatic heterocycles. The molecule has 0 spiro atoms. The lowest BCUT2D eigenvalue weighted by Gasteiger charge is -2.22. The first-order valence-electron chi connectivity index (χ1n) is 9.65. The number of aromatic nitrogens is 2. The molecule has 5 heteroatoms. The molecule has 0 unspecified atom stereocenters. The van der Waals surface area contributed by atoms with Crippen LogP contribution in [0, 0.1) is 31.1 Å². The number of amides is 1. The summed E-state index contributed by atoms with van der Waals surface area (Å²) in [5.41, 5.74) is 4.75. The zero-order chi connectivity index (χ0) is 20.0. The minimum Gasteiger partial charge on any atom is -0.338 e. The lowest BCUT2D eigenvalue weighted by atomic mass is 10.1. The van der Waals surface area contributed by atoms with Gasteiger partial charge in [0.1, 0.15) is 0 Å². The SMILES string of the molecule is CCCN(Cc1ccc(C#N)cc1)C(=O)Cc1c(C)nn(CC(C)C)c1C. The van der Waals surface area contributed by atoms with Crippen molar-refractivity contribution in [3.8, 4) is 6.07 Å². The molecule has 144 valence electrons. The highest BCUT2D eigenvalue weighted by Crippen LogP contribution is 2.17. The van der Waals surface area contributed by atoms with Crippen LogP contribution in [0.5, 0.6) is 0 Å². The number of aryl methyl sites for hydroxylation is 1. The summed E-state index contributed by atoms with van der Waals surface area (Å²) in [4.78, 5) is 14.9. The van der Waals surface area contributed by atoms with E-state index in [1.807, 2.05) is 28.6 Å². The van der Waals surface area contributed by atoms with Crippen molar-refractivity contribution in [3.05, 3.63) is 52.3 Å². The molecule has 2 aromatic rings. The van der Waals surface area contributed by atoms with Gasteiger partial charge >= 0.3 is 0 Å². The Morgan fingerprint density at radius 1 is 1.26 bits per heavy atom. The first-order valence-corrected chi connectivity index (χ1v) is 9.65. The van der Waals surface area contributed by atoms with Gasteiger partial charge in [0.25, 0.3) is 0 Å². The van der Waals surface area contributed by atoms with Gasteiger partial charge in [-0.2, -0.15) is 10.4 Å². The summed E-state index contributed by atoms with van der Waals surface area (Å²) < 4.78 is 2.02. The molecule has 0 fully saturated rings. The van der Waals surface area contributed by atoms with Crippen LogP contribution in [0.15, 0.2) is 24.3 Å². The Hall–Kier alpha value is -2.61. The highest BCUT2D eigenvalue weighted by molar-refractivity contribution is 5.79. The van der Waals surface area contributed by atoms with E-state index in [2.05, 4.69) is 38.9 Å². The van der Waals surface area contributed by atoms with Gasteiger partial charge in [0.05, 0.1) is 23.7 Å². The van der Waals surface area contributed by atoms with E-state index in [1.165, 1.54) is 0 Å². The van der Waals surface area contributed by atoms with E-state index in [0.29, 0.717) is 24.4 Å². The Balaban J connectivity index is 2.15. The molecule has 2 rings (SSSR count). The molecule has 0 saturated carbocycles. The second-order valence-electron chi connectivity index (χ2n) is 7.53. The molecule has 0 aliphatic carbocycles. The lowest BCUT2D eigenvalue weighted by Crippen LogP contribution is -2.32. The van der Waals surface area contributed by atoms with E-state index in [0.717, 1.165) is 42.0 Å². The van der Waals surface area contributed by atoms with Gasteiger partial charge in [-0.1, -0.05) is 32.9 Å². The number of benzene rings is 1. The predicted molar refractivity (Wildman–Crippen MR) is 107 cm³/mol. The van der Waals surface area contributed by atoms with Crippen molar-refractivity contribution in [1.29, 1.82) is 5.26 Å². The first-order chi connectivity index (χ1) is 12.8. The van der Waals surface area contributed by atoms with Crippen LogP contribution >= 0.6 is 0 Å². The molecule has 1 aromatic carbocycles. The van der Waals surface area contributed by atoms with Gasteiger partial charge in [0.15, 0.2) is 0 Å². The van der Waals surface area contributed by atoms with Crippen molar-refractivity contribution in [1.82, 2.24) is 14.7 Å².